The van der Waals surface area contributed by atoms with Crippen molar-refractivity contribution in [2.45, 2.75) is 39.8 Å². The molecule has 2 aromatic heterocycles. The number of aryl methyl sites for hydroxylation is 3. The summed E-state index contributed by atoms with van der Waals surface area (Å²) in [5.74, 6) is 0.0779. The summed E-state index contributed by atoms with van der Waals surface area (Å²) >= 11 is 0. The summed E-state index contributed by atoms with van der Waals surface area (Å²) in [5.41, 5.74) is 7.52. The molecule has 33 heavy (non-hydrogen) atoms. The van der Waals surface area contributed by atoms with Crippen LogP contribution in [0.3, 0.4) is 0 Å². The molecule has 0 spiro atoms. The van der Waals surface area contributed by atoms with Crippen LogP contribution < -0.4 is 0 Å². The lowest BCUT2D eigenvalue weighted by molar-refractivity contribution is 0.0730. The number of carbonyl (C=O) groups is 1. The maximum Gasteiger partial charge on any atom is 0.273 e. The number of nitrogens with one attached hydrogen (secondary N) is 1. The number of nitrogens with zero attached hydrogens (tertiary/aromatic N) is 3. The third-order valence-corrected chi connectivity index (χ3v) is 6.34. The molecule has 0 aliphatic carbocycles. The van der Waals surface area contributed by atoms with Crippen molar-refractivity contribution in [3.05, 3.63) is 100.0 Å². The van der Waals surface area contributed by atoms with Crippen LogP contribution in [-0.2, 0) is 13.0 Å². The standard InChI is InChI=1S/C27H26N4O2/c1-4-18-7-9-20(10-8-18)25-22-23(21-13-16(2)12-17(3)26(21)32)29-30-24(22)27(33)31(25)15-19-6-5-11-28-14-19/h5-14,25,32H,4,15H2,1-3H3,(H,29,30)/t25-/m0/s1. The Balaban J connectivity index is 1.68. The van der Waals surface area contributed by atoms with Gasteiger partial charge in [0.15, 0.2) is 0 Å². The zero-order valence-electron chi connectivity index (χ0n) is 19.0. The Labute approximate surface area is 192 Å². The molecule has 0 fully saturated rings. The van der Waals surface area contributed by atoms with Crippen LogP contribution in [0.2, 0.25) is 0 Å². The summed E-state index contributed by atoms with van der Waals surface area (Å²) in [6.45, 7) is 6.41. The van der Waals surface area contributed by atoms with Crippen molar-refractivity contribution in [3.8, 4) is 17.0 Å². The van der Waals surface area contributed by atoms with Gasteiger partial charge in [-0.25, -0.2) is 0 Å². The van der Waals surface area contributed by atoms with Gasteiger partial charge in [0.1, 0.15) is 17.1 Å². The summed E-state index contributed by atoms with van der Waals surface area (Å²) in [6.07, 6.45) is 4.46. The van der Waals surface area contributed by atoms with Gasteiger partial charge >= 0.3 is 0 Å². The first-order valence-corrected chi connectivity index (χ1v) is 11.2. The Bertz CT molecular complexity index is 1330. The molecule has 0 unspecified atom stereocenters. The largest absolute Gasteiger partial charge is 0.507 e. The van der Waals surface area contributed by atoms with Crippen LogP contribution in [0, 0.1) is 13.8 Å². The number of pyridine rings is 1. The number of rotatable bonds is 5. The molecule has 5 rings (SSSR count). The molecule has 0 bridgehead atoms. The number of hydrogen-bond donors (Lipinski definition) is 2. The molecule has 4 aromatic rings. The maximum absolute atomic E-state index is 13.5. The lowest BCUT2D eigenvalue weighted by atomic mass is 9.93. The molecule has 2 N–H and O–H groups in total. The number of aromatic nitrogens is 3. The molecule has 1 aliphatic rings. The van der Waals surface area contributed by atoms with E-state index in [1.807, 2.05) is 43.0 Å². The van der Waals surface area contributed by atoms with Gasteiger partial charge in [0.2, 0.25) is 0 Å². The Hall–Kier alpha value is -3.93. The molecule has 3 heterocycles. The molecule has 6 heteroatoms. The summed E-state index contributed by atoms with van der Waals surface area (Å²) in [6, 6.07) is 15.8. The number of phenolic OH excluding ortho intramolecular Hbond substituents is 1. The molecule has 2 aromatic carbocycles. The smallest absolute Gasteiger partial charge is 0.273 e. The highest BCUT2D eigenvalue weighted by Crippen LogP contribution is 2.45. The molecule has 1 aliphatic heterocycles. The molecule has 0 saturated heterocycles. The van der Waals surface area contributed by atoms with Gasteiger partial charge < -0.3 is 10.0 Å². The molecule has 1 atom stereocenters. The van der Waals surface area contributed by atoms with E-state index in [1.165, 1.54) is 5.56 Å². The fraction of sp³-hybridized carbons (Fsp3) is 0.222. The van der Waals surface area contributed by atoms with Crippen molar-refractivity contribution in [3.63, 3.8) is 0 Å². The minimum absolute atomic E-state index is 0.110. The van der Waals surface area contributed by atoms with Crippen molar-refractivity contribution in [2.24, 2.45) is 0 Å². The van der Waals surface area contributed by atoms with E-state index in [9.17, 15) is 9.90 Å². The summed E-state index contributed by atoms with van der Waals surface area (Å²) in [7, 11) is 0. The minimum Gasteiger partial charge on any atom is -0.507 e. The van der Waals surface area contributed by atoms with Crippen LogP contribution in [0.15, 0.2) is 60.9 Å². The predicted octanol–water partition coefficient (Wildman–Crippen LogP) is 5.10. The van der Waals surface area contributed by atoms with Crippen LogP contribution in [0.1, 0.15) is 56.8 Å². The molecule has 1 amide bonds. The quantitative estimate of drug-likeness (QED) is 0.454. The van der Waals surface area contributed by atoms with E-state index in [-0.39, 0.29) is 17.7 Å². The molecular weight excluding hydrogens is 412 g/mol. The Morgan fingerprint density at radius 3 is 2.58 bits per heavy atom. The Morgan fingerprint density at radius 1 is 1.09 bits per heavy atom. The van der Waals surface area contributed by atoms with Crippen molar-refractivity contribution in [2.75, 3.05) is 0 Å². The first-order valence-electron chi connectivity index (χ1n) is 11.2. The van der Waals surface area contributed by atoms with Gasteiger partial charge in [0.25, 0.3) is 5.91 Å². The van der Waals surface area contributed by atoms with Gasteiger partial charge in [0, 0.05) is 30.1 Å². The highest BCUT2D eigenvalue weighted by molar-refractivity contribution is 6.00. The summed E-state index contributed by atoms with van der Waals surface area (Å²) in [4.78, 5) is 19.6. The number of aromatic amines is 1. The normalized spacial score (nSPS) is 15.2. The van der Waals surface area contributed by atoms with Gasteiger partial charge in [0.05, 0.1) is 6.04 Å². The molecular formula is C27H26N4O2. The average molecular weight is 439 g/mol. The van der Waals surface area contributed by atoms with Crippen LogP contribution in [0.25, 0.3) is 11.3 Å². The third kappa shape index (κ3) is 3.57. The van der Waals surface area contributed by atoms with Crippen molar-refractivity contribution in [1.29, 1.82) is 0 Å². The van der Waals surface area contributed by atoms with E-state index in [2.05, 4.69) is 46.4 Å². The zero-order chi connectivity index (χ0) is 23.1. The van der Waals surface area contributed by atoms with Gasteiger partial charge in [-0.15, -0.1) is 0 Å². The number of fused-ring (bicyclic) bond motifs is 1. The molecule has 6 nitrogen and oxygen atoms in total. The molecule has 166 valence electrons. The highest BCUT2D eigenvalue weighted by atomic mass is 16.3. The van der Waals surface area contributed by atoms with Gasteiger partial charge in [-0.2, -0.15) is 5.10 Å². The maximum atomic E-state index is 13.5. The number of amides is 1. The van der Waals surface area contributed by atoms with Crippen LogP contribution in [-0.4, -0.2) is 31.1 Å². The van der Waals surface area contributed by atoms with Crippen molar-refractivity contribution in [1.82, 2.24) is 20.1 Å². The first-order chi connectivity index (χ1) is 16.0. The van der Waals surface area contributed by atoms with E-state index in [0.29, 0.717) is 23.5 Å². The van der Waals surface area contributed by atoms with Crippen LogP contribution in [0.4, 0.5) is 0 Å². The van der Waals surface area contributed by atoms with E-state index >= 15 is 0 Å². The van der Waals surface area contributed by atoms with Gasteiger partial charge in [-0.3, -0.25) is 14.9 Å². The molecule has 0 saturated carbocycles. The highest BCUT2D eigenvalue weighted by Gasteiger charge is 2.42. The van der Waals surface area contributed by atoms with Gasteiger partial charge in [-0.1, -0.05) is 43.3 Å². The van der Waals surface area contributed by atoms with Crippen molar-refractivity contribution >= 4 is 5.91 Å². The van der Waals surface area contributed by atoms with E-state index in [0.717, 1.165) is 34.2 Å². The predicted molar refractivity (Wildman–Crippen MR) is 127 cm³/mol. The Morgan fingerprint density at radius 2 is 1.88 bits per heavy atom. The average Bonchev–Trinajstić information content (AvgIpc) is 3.36. The Kier molecular flexibility index (Phi) is 5.21. The number of hydrogen-bond acceptors (Lipinski definition) is 4. The number of H-pyrrole nitrogens is 1. The van der Waals surface area contributed by atoms with E-state index in [1.54, 1.807) is 12.4 Å². The number of aromatic hydroxyl groups is 1. The summed E-state index contributed by atoms with van der Waals surface area (Å²) in [5, 5.41) is 18.3. The SMILES string of the molecule is CCc1ccc([C@H]2c3c(-c4cc(C)cc(C)c4O)n[nH]c3C(=O)N2Cc2cccnc2)cc1. The second-order valence-electron chi connectivity index (χ2n) is 8.63. The van der Waals surface area contributed by atoms with Gasteiger partial charge in [-0.05, 0) is 60.2 Å². The fourth-order valence-corrected chi connectivity index (χ4v) is 4.68. The first kappa shape index (κ1) is 20.9. The van der Waals surface area contributed by atoms with Crippen LogP contribution in [0.5, 0.6) is 5.75 Å². The minimum atomic E-state index is -0.326. The topological polar surface area (TPSA) is 82.1 Å². The summed E-state index contributed by atoms with van der Waals surface area (Å²) < 4.78 is 0. The number of carbonyl (C=O) groups excluding carboxylic acids is 1. The fourth-order valence-electron chi connectivity index (χ4n) is 4.68. The van der Waals surface area contributed by atoms with E-state index < -0.39 is 0 Å². The lowest BCUT2D eigenvalue weighted by Crippen LogP contribution is -2.29. The van der Waals surface area contributed by atoms with Crippen molar-refractivity contribution < 1.29 is 9.90 Å². The number of benzene rings is 2. The monoisotopic (exact) mass is 438 g/mol. The second kappa shape index (κ2) is 8.20. The lowest BCUT2D eigenvalue weighted by Gasteiger charge is -2.26. The number of phenols is 1. The second-order valence-corrected chi connectivity index (χ2v) is 8.63. The van der Waals surface area contributed by atoms with Crippen LogP contribution >= 0.6 is 0 Å². The zero-order valence-corrected chi connectivity index (χ0v) is 19.0. The third-order valence-electron chi connectivity index (χ3n) is 6.34. The molecule has 0 radical (unpaired) electrons. The van der Waals surface area contributed by atoms with E-state index in [4.69, 9.17) is 0 Å².